The first-order valence-corrected chi connectivity index (χ1v) is 6.59. The molecule has 1 N–H and O–H groups in total. The lowest BCUT2D eigenvalue weighted by Crippen LogP contribution is -2.28. The first kappa shape index (κ1) is 14.6. The fourth-order valence-corrected chi connectivity index (χ4v) is 2.03. The second kappa shape index (κ2) is 6.47. The number of hydrogen-bond donors (Lipinski definition) is 1. The highest BCUT2D eigenvalue weighted by atomic mass is 79.9. The Labute approximate surface area is 119 Å². The van der Waals surface area contributed by atoms with Gasteiger partial charge < -0.3 is 10.1 Å². The molecule has 0 heterocycles. The van der Waals surface area contributed by atoms with Crippen molar-refractivity contribution in [1.29, 1.82) is 0 Å². The molecular formula is C11H12BrCl2NO2. The summed E-state index contributed by atoms with van der Waals surface area (Å²) in [5.74, 6) is -0.331. The average molecular weight is 341 g/mol. The third-order valence-electron chi connectivity index (χ3n) is 2.05. The largest absolute Gasteiger partial charge is 0.464 e. The molecule has 94 valence electrons. The minimum atomic E-state index is -0.482. The predicted molar refractivity (Wildman–Crippen MR) is 73.9 cm³/mol. The van der Waals surface area contributed by atoms with Crippen LogP contribution in [0.2, 0.25) is 10.0 Å². The van der Waals surface area contributed by atoms with E-state index in [2.05, 4.69) is 21.2 Å². The number of esters is 1. The van der Waals surface area contributed by atoms with Gasteiger partial charge in [0.15, 0.2) is 0 Å². The molecule has 1 aromatic rings. The van der Waals surface area contributed by atoms with Crippen molar-refractivity contribution in [3.05, 3.63) is 26.7 Å². The van der Waals surface area contributed by atoms with E-state index in [9.17, 15) is 4.79 Å². The van der Waals surface area contributed by atoms with Crippen LogP contribution in [0.1, 0.15) is 13.8 Å². The number of hydrogen-bond acceptors (Lipinski definition) is 3. The first-order valence-electron chi connectivity index (χ1n) is 5.04. The maximum Gasteiger partial charge on any atom is 0.328 e. The van der Waals surface area contributed by atoms with Crippen LogP contribution >= 0.6 is 39.1 Å². The smallest absolute Gasteiger partial charge is 0.328 e. The van der Waals surface area contributed by atoms with Gasteiger partial charge >= 0.3 is 5.97 Å². The van der Waals surface area contributed by atoms with Gasteiger partial charge in [-0.05, 0) is 41.9 Å². The lowest BCUT2D eigenvalue weighted by molar-refractivity contribution is -0.143. The minimum absolute atomic E-state index is 0.331. The number of nitrogens with one attached hydrogen (secondary N) is 1. The number of benzene rings is 1. The van der Waals surface area contributed by atoms with Crippen molar-refractivity contribution < 1.29 is 9.53 Å². The highest BCUT2D eigenvalue weighted by molar-refractivity contribution is 9.10. The van der Waals surface area contributed by atoms with Crippen LogP contribution in [0, 0.1) is 0 Å². The molecule has 0 spiro atoms. The number of carbonyl (C=O) groups is 1. The van der Waals surface area contributed by atoms with Gasteiger partial charge in [-0.15, -0.1) is 0 Å². The molecule has 6 heteroatoms. The van der Waals surface area contributed by atoms with Crippen molar-refractivity contribution in [2.45, 2.75) is 19.9 Å². The van der Waals surface area contributed by atoms with E-state index in [0.29, 0.717) is 26.8 Å². The Balaban J connectivity index is 2.82. The normalized spacial score (nSPS) is 12.1. The summed E-state index contributed by atoms with van der Waals surface area (Å²) in [5.41, 5.74) is 0.598. The Bertz CT molecular complexity index is 426. The summed E-state index contributed by atoms with van der Waals surface area (Å²) < 4.78 is 5.59. The zero-order valence-electron chi connectivity index (χ0n) is 9.39. The van der Waals surface area contributed by atoms with Crippen LogP contribution in [-0.4, -0.2) is 18.6 Å². The second-order valence-corrected chi connectivity index (χ2v) is 4.95. The molecule has 0 fully saturated rings. The molecule has 0 aromatic heterocycles. The number of carbonyl (C=O) groups excluding carboxylic acids is 1. The lowest BCUT2D eigenvalue weighted by Gasteiger charge is -2.15. The van der Waals surface area contributed by atoms with Crippen LogP contribution in [0.5, 0.6) is 0 Å². The molecule has 0 aliphatic heterocycles. The number of halogens is 3. The van der Waals surface area contributed by atoms with E-state index >= 15 is 0 Å². The van der Waals surface area contributed by atoms with Crippen LogP contribution in [0.25, 0.3) is 0 Å². The molecule has 0 amide bonds. The van der Waals surface area contributed by atoms with Gasteiger partial charge in [0.05, 0.1) is 22.3 Å². The first-order chi connectivity index (χ1) is 7.97. The number of rotatable bonds is 4. The van der Waals surface area contributed by atoms with Crippen molar-refractivity contribution in [2.24, 2.45) is 0 Å². The summed E-state index contributed by atoms with van der Waals surface area (Å²) in [6.07, 6.45) is 0. The third-order valence-corrected chi connectivity index (χ3v) is 3.82. The van der Waals surface area contributed by atoms with Crippen LogP contribution in [0.3, 0.4) is 0 Å². The number of anilines is 1. The fourth-order valence-electron chi connectivity index (χ4n) is 1.20. The molecule has 0 saturated carbocycles. The Hall–Kier alpha value is -0.450. The maximum absolute atomic E-state index is 11.4. The van der Waals surface area contributed by atoms with Crippen molar-refractivity contribution in [3.8, 4) is 0 Å². The highest BCUT2D eigenvalue weighted by Gasteiger charge is 2.16. The average Bonchev–Trinajstić information content (AvgIpc) is 2.30. The summed E-state index contributed by atoms with van der Waals surface area (Å²) >= 11 is 15.3. The highest BCUT2D eigenvalue weighted by Crippen LogP contribution is 2.36. The van der Waals surface area contributed by atoms with Gasteiger partial charge in [0.1, 0.15) is 6.04 Å². The van der Waals surface area contributed by atoms with E-state index in [-0.39, 0.29) is 5.97 Å². The van der Waals surface area contributed by atoms with Crippen LogP contribution in [-0.2, 0) is 9.53 Å². The van der Waals surface area contributed by atoms with E-state index < -0.39 is 6.04 Å². The van der Waals surface area contributed by atoms with E-state index in [4.69, 9.17) is 27.9 Å². The molecule has 17 heavy (non-hydrogen) atoms. The second-order valence-electron chi connectivity index (χ2n) is 3.34. The quantitative estimate of drug-likeness (QED) is 0.661. The monoisotopic (exact) mass is 339 g/mol. The lowest BCUT2D eigenvalue weighted by atomic mass is 10.2. The van der Waals surface area contributed by atoms with Gasteiger partial charge in [0, 0.05) is 4.47 Å². The molecule has 1 atom stereocenters. The Kier molecular flexibility index (Phi) is 5.56. The van der Waals surface area contributed by atoms with Crippen LogP contribution < -0.4 is 5.32 Å². The van der Waals surface area contributed by atoms with Crippen LogP contribution in [0.15, 0.2) is 16.6 Å². The van der Waals surface area contributed by atoms with Crippen molar-refractivity contribution in [2.75, 3.05) is 11.9 Å². The molecule has 0 saturated heterocycles. The summed E-state index contributed by atoms with van der Waals surface area (Å²) in [4.78, 5) is 11.4. The minimum Gasteiger partial charge on any atom is -0.464 e. The van der Waals surface area contributed by atoms with E-state index in [1.807, 2.05) is 0 Å². The molecular weight excluding hydrogens is 329 g/mol. The molecule has 0 radical (unpaired) electrons. The Morgan fingerprint density at radius 2 is 2.12 bits per heavy atom. The van der Waals surface area contributed by atoms with Crippen molar-refractivity contribution >= 4 is 50.8 Å². The molecule has 3 nitrogen and oxygen atoms in total. The summed E-state index contributed by atoms with van der Waals surface area (Å²) in [6, 6.07) is 3.02. The predicted octanol–water partition coefficient (Wildman–Crippen LogP) is 4.12. The van der Waals surface area contributed by atoms with Gasteiger partial charge in [-0.2, -0.15) is 0 Å². The summed E-state index contributed by atoms with van der Waals surface area (Å²) in [5, 5.41) is 3.73. The molecule has 0 bridgehead atoms. The van der Waals surface area contributed by atoms with Crippen molar-refractivity contribution in [3.63, 3.8) is 0 Å². The summed E-state index contributed by atoms with van der Waals surface area (Å²) in [6.45, 7) is 3.80. The molecule has 0 aliphatic carbocycles. The molecule has 1 rings (SSSR count). The topological polar surface area (TPSA) is 38.3 Å². The summed E-state index contributed by atoms with van der Waals surface area (Å²) in [7, 11) is 0. The molecule has 1 aromatic carbocycles. The van der Waals surface area contributed by atoms with Gasteiger partial charge in [-0.1, -0.05) is 23.2 Å². The maximum atomic E-state index is 11.4. The molecule has 0 aliphatic rings. The zero-order chi connectivity index (χ0) is 13.0. The van der Waals surface area contributed by atoms with E-state index in [0.717, 1.165) is 0 Å². The van der Waals surface area contributed by atoms with Gasteiger partial charge in [0.25, 0.3) is 0 Å². The Morgan fingerprint density at radius 1 is 1.47 bits per heavy atom. The SMILES string of the molecule is CCOC(=O)C(C)Nc1ccc(Br)c(Cl)c1Cl. The standard InChI is InChI=1S/C11H12BrCl2NO2/c1-3-17-11(16)6(2)15-8-5-4-7(12)9(13)10(8)14/h4-6,15H,3H2,1-2H3. The molecule has 1 unspecified atom stereocenters. The third kappa shape index (κ3) is 3.76. The Morgan fingerprint density at radius 3 is 2.71 bits per heavy atom. The van der Waals surface area contributed by atoms with Crippen LogP contribution in [0.4, 0.5) is 5.69 Å². The van der Waals surface area contributed by atoms with Crippen molar-refractivity contribution in [1.82, 2.24) is 0 Å². The zero-order valence-corrected chi connectivity index (χ0v) is 12.5. The van der Waals surface area contributed by atoms with Gasteiger partial charge in [-0.3, -0.25) is 0 Å². The number of ether oxygens (including phenoxy) is 1. The van der Waals surface area contributed by atoms with E-state index in [1.54, 1.807) is 26.0 Å². The fraction of sp³-hybridized carbons (Fsp3) is 0.364. The van der Waals surface area contributed by atoms with E-state index in [1.165, 1.54) is 0 Å². The van der Waals surface area contributed by atoms with Gasteiger partial charge in [-0.25, -0.2) is 4.79 Å². The van der Waals surface area contributed by atoms with Gasteiger partial charge in [0.2, 0.25) is 0 Å².